The first-order valence-corrected chi connectivity index (χ1v) is 9.67. The molecule has 10 heteroatoms. The molecule has 1 saturated carbocycles. The van der Waals surface area contributed by atoms with Crippen LogP contribution in [0.5, 0.6) is 0 Å². The molecule has 2 aliphatic heterocycles. The van der Waals surface area contributed by atoms with Crippen LogP contribution in [0.3, 0.4) is 0 Å². The normalized spacial score (nSPS) is 32.1. The van der Waals surface area contributed by atoms with Gasteiger partial charge in [-0.1, -0.05) is 12.8 Å². The van der Waals surface area contributed by atoms with E-state index in [0.717, 1.165) is 12.8 Å². The summed E-state index contributed by atoms with van der Waals surface area (Å²) in [6, 6.07) is 0.405. The van der Waals surface area contributed by atoms with Crippen molar-refractivity contribution in [3.8, 4) is 0 Å². The highest BCUT2D eigenvalue weighted by atomic mass is 16.8. The van der Waals surface area contributed by atoms with Gasteiger partial charge in [0.25, 0.3) is 0 Å². The van der Waals surface area contributed by atoms with Crippen molar-refractivity contribution >= 4 is 22.9 Å². The quantitative estimate of drug-likeness (QED) is 0.797. The summed E-state index contributed by atoms with van der Waals surface area (Å²) in [7, 11) is 0. The fourth-order valence-corrected chi connectivity index (χ4v) is 4.44. The summed E-state index contributed by atoms with van der Waals surface area (Å²) in [5.74, 6) is -0.701. The lowest BCUT2D eigenvalue weighted by Crippen LogP contribution is -2.39. The van der Waals surface area contributed by atoms with Gasteiger partial charge in [-0.25, -0.2) is 15.0 Å². The zero-order valence-electron chi connectivity index (χ0n) is 15.9. The Balaban J connectivity index is 1.50. The lowest BCUT2D eigenvalue weighted by atomic mass is 10.1. The van der Waals surface area contributed by atoms with Gasteiger partial charge in [-0.05, 0) is 26.7 Å². The maximum atomic E-state index is 11.9. The van der Waals surface area contributed by atoms with Crippen molar-refractivity contribution in [2.75, 3.05) is 5.32 Å². The van der Waals surface area contributed by atoms with E-state index in [9.17, 15) is 4.79 Å². The molecule has 150 valence electrons. The third kappa shape index (κ3) is 2.83. The van der Waals surface area contributed by atoms with Crippen molar-refractivity contribution < 1.29 is 19.0 Å². The molecule has 3 aliphatic rings. The van der Waals surface area contributed by atoms with Crippen LogP contribution in [0.2, 0.25) is 0 Å². The highest BCUT2D eigenvalue weighted by Crippen LogP contribution is 2.43. The summed E-state index contributed by atoms with van der Waals surface area (Å²) in [5.41, 5.74) is 6.80. The average molecular weight is 388 g/mol. The first kappa shape index (κ1) is 17.8. The van der Waals surface area contributed by atoms with Crippen molar-refractivity contribution in [1.29, 1.82) is 0 Å². The number of nitrogens with two attached hydrogens (primary N) is 1. The highest BCUT2D eigenvalue weighted by molar-refractivity contribution is 5.83. The Morgan fingerprint density at radius 1 is 1.21 bits per heavy atom. The van der Waals surface area contributed by atoms with E-state index >= 15 is 0 Å². The molecular formula is C18H24N6O4. The Labute approximate surface area is 161 Å². The second-order valence-corrected chi connectivity index (χ2v) is 8.09. The molecule has 1 aliphatic carbocycles. The van der Waals surface area contributed by atoms with Gasteiger partial charge in [0.15, 0.2) is 35.1 Å². The summed E-state index contributed by atoms with van der Waals surface area (Å²) in [5, 5.41) is 3.48. The maximum absolute atomic E-state index is 11.9. The standard InChI is InChI=1S/C18H24N6O4/c1-18(2)27-11-12(14(19)25)26-17(13(11)28-18)24-8-22-10-15(20-7-21-16(10)24)23-9-5-3-4-6-9/h7-9,11-13,17H,3-6H2,1-2H3,(H2,19,25)(H,20,21,23)/t11-,12+,13-,17-/m1/s1. The predicted octanol–water partition coefficient (Wildman–Crippen LogP) is 1.08. The number of hydrogen-bond acceptors (Lipinski definition) is 8. The Kier molecular flexibility index (Phi) is 4.04. The van der Waals surface area contributed by atoms with Crippen LogP contribution in [0.15, 0.2) is 12.7 Å². The molecule has 2 saturated heterocycles. The van der Waals surface area contributed by atoms with E-state index in [1.54, 1.807) is 24.7 Å². The number of imidazole rings is 1. The number of hydrogen-bond donors (Lipinski definition) is 2. The van der Waals surface area contributed by atoms with E-state index in [2.05, 4.69) is 20.3 Å². The van der Waals surface area contributed by atoms with E-state index in [1.165, 1.54) is 19.2 Å². The summed E-state index contributed by atoms with van der Waals surface area (Å²) >= 11 is 0. The number of nitrogens with zero attached hydrogens (tertiary/aromatic N) is 4. The van der Waals surface area contributed by atoms with Crippen LogP contribution >= 0.6 is 0 Å². The topological polar surface area (TPSA) is 126 Å². The van der Waals surface area contributed by atoms with Crippen molar-refractivity contribution in [3.05, 3.63) is 12.7 Å². The minimum absolute atomic E-state index is 0.405. The average Bonchev–Trinajstić information content (AvgIpc) is 3.38. The fourth-order valence-electron chi connectivity index (χ4n) is 4.44. The van der Waals surface area contributed by atoms with Crippen LogP contribution in [0, 0.1) is 0 Å². The zero-order valence-corrected chi connectivity index (χ0v) is 15.9. The van der Waals surface area contributed by atoms with Gasteiger partial charge < -0.3 is 25.3 Å². The van der Waals surface area contributed by atoms with Gasteiger partial charge in [-0.15, -0.1) is 0 Å². The summed E-state index contributed by atoms with van der Waals surface area (Å²) in [6.45, 7) is 3.61. The number of anilines is 1. The summed E-state index contributed by atoms with van der Waals surface area (Å²) < 4.78 is 19.6. The molecule has 3 fully saturated rings. The van der Waals surface area contributed by atoms with E-state index in [4.69, 9.17) is 19.9 Å². The molecule has 3 N–H and O–H groups in total. The molecule has 5 rings (SSSR count). The largest absolute Gasteiger partial charge is 0.367 e. The third-order valence-corrected chi connectivity index (χ3v) is 5.64. The van der Waals surface area contributed by atoms with Crippen LogP contribution in [-0.2, 0) is 19.0 Å². The van der Waals surface area contributed by atoms with Crippen LogP contribution in [-0.4, -0.2) is 55.6 Å². The zero-order chi connectivity index (χ0) is 19.5. The molecule has 2 aromatic rings. The maximum Gasteiger partial charge on any atom is 0.249 e. The number of amides is 1. The molecule has 0 spiro atoms. The Hall–Kier alpha value is -2.30. The highest BCUT2D eigenvalue weighted by Gasteiger charge is 2.58. The molecule has 4 heterocycles. The van der Waals surface area contributed by atoms with Gasteiger partial charge in [-0.3, -0.25) is 9.36 Å². The molecule has 4 atom stereocenters. The van der Waals surface area contributed by atoms with E-state index < -0.39 is 36.2 Å². The van der Waals surface area contributed by atoms with Crippen molar-refractivity contribution in [1.82, 2.24) is 19.5 Å². The first-order chi connectivity index (χ1) is 13.4. The molecule has 2 aromatic heterocycles. The minimum atomic E-state index is -0.896. The van der Waals surface area contributed by atoms with Gasteiger partial charge >= 0.3 is 0 Å². The van der Waals surface area contributed by atoms with Gasteiger partial charge in [0.1, 0.15) is 18.5 Å². The van der Waals surface area contributed by atoms with Gasteiger partial charge in [0.05, 0.1) is 6.33 Å². The van der Waals surface area contributed by atoms with E-state index in [1.807, 2.05) is 0 Å². The van der Waals surface area contributed by atoms with Crippen LogP contribution in [0.1, 0.15) is 45.8 Å². The summed E-state index contributed by atoms with van der Waals surface area (Å²) in [6.07, 6.45) is 5.26. The number of nitrogens with one attached hydrogen (secondary N) is 1. The molecule has 0 unspecified atom stereocenters. The predicted molar refractivity (Wildman–Crippen MR) is 98.1 cm³/mol. The SMILES string of the molecule is CC1(C)O[C@@H]2[C@H](O1)[C@@H](C(N)=O)O[C@H]2n1cnc2c(NC3CCCC3)ncnc21. The molecule has 0 aromatic carbocycles. The second kappa shape index (κ2) is 6.36. The fraction of sp³-hybridized carbons (Fsp3) is 0.667. The van der Waals surface area contributed by atoms with Gasteiger partial charge in [-0.2, -0.15) is 0 Å². The van der Waals surface area contributed by atoms with Gasteiger partial charge in [0, 0.05) is 6.04 Å². The van der Waals surface area contributed by atoms with E-state index in [-0.39, 0.29) is 0 Å². The molecule has 28 heavy (non-hydrogen) atoms. The Bertz CT molecular complexity index is 909. The molecule has 10 nitrogen and oxygen atoms in total. The molecule has 1 amide bonds. The Morgan fingerprint density at radius 2 is 1.96 bits per heavy atom. The van der Waals surface area contributed by atoms with E-state index in [0.29, 0.717) is 23.0 Å². The third-order valence-electron chi connectivity index (χ3n) is 5.64. The number of primary amides is 1. The first-order valence-electron chi connectivity index (χ1n) is 9.67. The second-order valence-electron chi connectivity index (χ2n) is 8.09. The van der Waals surface area contributed by atoms with Crippen LogP contribution in [0.4, 0.5) is 5.82 Å². The lowest BCUT2D eigenvalue weighted by molar-refractivity contribution is -0.196. The number of carbonyl (C=O) groups is 1. The smallest absolute Gasteiger partial charge is 0.249 e. The molecular weight excluding hydrogens is 364 g/mol. The minimum Gasteiger partial charge on any atom is -0.367 e. The van der Waals surface area contributed by atoms with Crippen LogP contribution in [0.25, 0.3) is 11.2 Å². The number of fused-ring (bicyclic) bond motifs is 2. The summed E-state index contributed by atoms with van der Waals surface area (Å²) in [4.78, 5) is 25.2. The number of ether oxygens (including phenoxy) is 3. The number of rotatable bonds is 4. The van der Waals surface area contributed by atoms with Crippen LogP contribution < -0.4 is 11.1 Å². The Morgan fingerprint density at radius 3 is 2.71 bits per heavy atom. The van der Waals surface area contributed by atoms with Crippen molar-refractivity contribution in [2.24, 2.45) is 5.73 Å². The number of carbonyl (C=O) groups excluding carboxylic acids is 1. The van der Waals surface area contributed by atoms with Crippen molar-refractivity contribution in [3.63, 3.8) is 0 Å². The monoisotopic (exact) mass is 388 g/mol. The lowest BCUT2D eigenvalue weighted by Gasteiger charge is -2.23. The molecule has 0 radical (unpaired) electrons. The van der Waals surface area contributed by atoms with Gasteiger partial charge in [0.2, 0.25) is 5.91 Å². The number of aromatic nitrogens is 4. The van der Waals surface area contributed by atoms with Crippen molar-refractivity contribution in [2.45, 2.75) is 75.9 Å². The molecule has 0 bridgehead atoms.